The second-order valence-corrected chi connectivity index (χ2v) is 6.54. The van der Waals surface area contributed by atoms with Gasteiger partial charge in [0.15, 0.2) is 5.82 Å². The van der Waals surface area contributed by atoms with Crippen LogP contribution in [0.25, 0.3) is 21.8 Å². The van der Waals surface area contributed by atoms with Crippen LogP contribution in [0.3, 0.4) is 0 Å². The molecule has 0 saturated carbocycles. The normalized spacial score (nSPS) is 11.1. The Morgan fingerprint density at radius 1 is 0.893 bits per heavy atom. The molecule has 0 fully saturated rings. The Hall–Kier alpha value is -3.87. The van der Waals surface area contributed by atoms with Crippen molar-refractivity contribution < 1.29 is 0 Å². The zero-order valence-corrected chi connectivity index (χ0v) is 15.1. The first kappa shape index (κ1) is 16.3. The lowest BCUT2D eigenvalue weighted by Crippen LogP contribution is -2.08. The van der Waals surface area contributed by atoms with Crippen molar-refractivity contribution in [2.45, 2.75) is 6.42 Å². The molecule has 0 unspecified atom stereocenters. The van der Waals surface area contributed by atoms with Gasteiger partial charge in [-0.15, -0.1) is 0 Å². The summed E-state index contributed by atoms with van der Waals surface area (Å²) < 4.78 is 0. The molecule has 3 heterocycles. The Kier molecular flexibility index (Phi) is 4.10. The van der Waals surface area contributed by atoms with E-state index in [-0.39, 0.29) is 0 Å². The average molecular weight is 369 g/mol. The van der Waals surface area contributed by atoms with Gasteiger partial charge in [0.05, 0.1) is 5.52 Å². The van der Waals surface area contributed by atoms with Gasteiger partial charge >= 0.3 is 0 Å². The molecule has 138 valence electrons. The molecule has 0 aliphatic heterocycles. The molecule has 0 aliphatic rings. The highest BCUT2D eigenvalue weighted by molar-refractivity contribution is 5.91. The molecular weight excluding hydrogens is 350 g/mol. The quantitative estimate of drug-likeness (QED) is 0.359. The van der Waals surface area contributed by atoms with Crippen molar-refractivity contribution in [2.75, 3.05) is 17.2 Å². The fourth-order valence-electron chi connectivity index (χ4n) is 3.34. The third kappa shape index (κ3) is 3.14. The smallest absolute Gasteiger partial charge is 0.224 e. The molecule has 28 heavy (non-hydrogen) atoms. The van der Waals surface area contributed by atoms with Crippen LogP contribution in [0, 0.1) is 0 Å². The van der Waals surface area contributed by atoms with E-state index in [1.807, 2.05) is 36.4 Å². The van der Waals surface area contributed by atoms with Crippen LogP contribution in [0.15, 0.2) is 67.0 Å². The standard InChI is InChI=1S/C21H19N7/c1-3-7-17-15(5-1)14(13-24-17)9-11-22-21-23-12-10-19(26-21)25-20-16-6-2-4-8-18(16)27-28-20/h1-8,10,12-13,24H,9,11H2,(H3,22,23,25,26,27,28). The number of benzene rings is 2. The summed E-state index contributed by atoms with van der Waals surface area (Å²) in [6, 6.07) is 18.1. The molecule has 3 aromatic heterocycles. The summed E-state index contributed by atoms with van der Waals surface area (Å²) in [4.78, 5) is 12.2. The van der Waals surface area contributed by atoms with Crippen LogP contribution in [0.5, 0.6) is 0 Å². The molecule has 0 atom stereocenters. The van der Waals surface area contributed by atoms with Gasteiger partial charge in [0.1, 0.15) is 5.82 Å². The van der Waals surface area contributed by atoms with Crippen molar-refractivity contribution in [3.05, 3.63) is 72.6 Å². The van der Waals surface area contributed by atoms with Gasteiger partial charge in [0.2, 0.25) is 5.95 Å². The van der Waals surface area contributed by atoms with Crippen LogP contribution >= 0.6 is 0 Å². The van der Waals surface area contributed by atoms with Crippen LogP contribution in [-0.4, -0.2) is 31.7 Å². The third-order valence-corrected chi connectivity index (χ3v) is 4.72. The van der Waals surface area contributed by atoms with Crippen molar-refractivity contribution in [3.63, 3.8) is 0 Å². The number of hydrogen-bond donors (Lipinski definition) is 4. The minimum absolute atomic E-state index is 0.588. The van der Waals surface area contributed by atoms with Crippen LogP contribution in [0.1, 0.15) is 5.56 Å². The number of aromatic amines is 2. The number of para-hydroxylation sites is 2. The summed E-state index contributed by atoms with van der Waals surface area (Å²) in [7, 11) is 0. The maximum atomic E-state index is 4.54. The zero-order valence-electron chi connectivity index (χ0n) is 15.1. The summed E-state index contributed by atoms with van der Waals surface area (Å²) >= 11 is 0. The Morgan fingerprint density at radius 3 is 2.64 bits per heavy atom. The summed E-state index contributed by atoms with van der Waals surface area (Å²) in [5.41, 5.74) is 3.42. The number of nitrogens with one attached hydrogen (secondary N) is 4. The topological polar surface area (TPSA) is 94.3 Å². The summed E-state index contributed by atoms with van der Waals surface area (Å²) in [5, 5.41) is 16.2. The molecule has 7 heteroatoms. The van der Waals surface area contributed by atoms with E-state index in [1.54, 1.807) is 6.20 Å². The van der Waals surface area contributed by atoms with Crippen LogP contribution < -0.4 is 10.6 Å². The Balaban J connectivity index is 1.27. The van der Waals surface area contributed by atoms with E-state index in [1.165, 1.54) is 10.9 Å². The first-order chi connectivity index (χ1) is 13.9. The summed E-state index contributed by atoms with van der Waals surface area (Å²) in [6.07, 6.45) is 4.68. The zero-order chi connectivity index (χ0) is 18.8. The van der Waals surface area contributed by atoms with E-state index in [2.05, 4.69) is 60.2 Å². The van der Waals surface area contributed by atoms with E-state index in [9.17, 15) is 0 Å². The number of anilines is 3. The van der Waals surface area contributed by atoms with Crippen LogP contribution in [-0.2, 0) is 6.42 Å². The number of fused-ring (bicyclic) bond motifs is 2. The molecular formula is C21H19N7. The van der Waals surface area contributed by atoms with E-state index in [0.29, 0.717) is 11.8 Å². The predicted molar refractivity (Wildman–Crippen MR) is 112 cm³/mol. The van der Waals surface area contributed by atoms with Crippen molar-refractivity contribution in [2.24, 2.45) is 0 Å². The number of nitrogens with zero attached hydrogens (tertiary/aromatic N) is 3. The lowest BCUT2D eigenvalue weighted by molar-refractivity contribution is 0.990. The average Bonchev–Trinajstić information content (AvgIpc) is 3.33. The molecule has 2 aromatic carbocycles. The minimum atomic E-state index is 0.588. The Morgan fingerprint density at radius 2 is 1.71 bits per heavy atom. The third-order valence-electron chi connectivity index (χ3n) is 4.72. The second-order valence-electron chi connectivity index (χ2n) is 6.54. The van der Waals surface area contributed by atoms with Gasteiger partial charge < -0.3 is 15.6 Å². The van der Waals surface area contributed by atoms with E-state index in [4.69, 9.17) is 0 Å². The molecule has 5 rings (SSSR count). The monoisotopic (exact) mass is 369 g/mol. The van der Waals surface area contributed by atoms with Crippen molar-refractivity contribution in [3.8, 4) is 0 Å². The number of H-pyrrole nitrogens is 2. The van der Waals surface area contributed by atoms with E-state index >= 15 is 0 Å². The predicted octanol–water partition coefficient (Wildman–Crippen LogP) is 4.23. The van der Waals surface area contributed by atoms with Gasteiger partial charge in [-0.1, -0.05) is 30.3 Å². The number of rotatable bonds is 6. The van der Waals surface area contributed by atoms with Gasteiger partial charge in [0, 0.05) is 35.2 Å². The number of hydrogen-bond acceptors (Lipinski definition) is 5. The highest BCUT2D eigenvalue weighted by Gasteiger charge is 2.07. The maximum absolute atomic E-state index is 4.54. The number of aromatic nitrogens is 5. The van der Waals surface area contributed by atoms with Crippen molar-refractivity contribution in [1.29, 1.82) is 0 Å². The van der Waals surface area contributed by atoms with Gasteiger partial charge in [-0.25, -0.2) is 4.98 Å². The molecule has 5 aromatic rings. The second kappa shape index (κ2) is 7.03. The maximum Gasteiger partial charge on any atom is 0.224 e. The molecule has 7 nitrogen and oxygen atoms in total. The highest BCUT2D eigenvalue weighted by Crippen LogP contribution is 2.23. The minimum Gasteiger partial charge on any atom is -0.361 e. The van der Waals surface area contributed by atoms with Gasteiger partial charge in [0.25, 0.3) is 0 Å². The van der Waals surface area contributed by atoms with Crippen molar-refractivity contribution in [1.82, 2.24) is 25.1 Å². The summed E-state index contributed by atoms with van der Waals surface area (Å²) in [6.45, 7) is 0.747. The largest absolute Gasteiger partial charge is 0.361 e. The van der Waals surface area contributed by atoms with Gasteiger partial charge in [-0.2, -0.15) is 10.1 Å². The highest BCUT2D eigenvalue weighted by atomic mass is 15.2. The molecule has 0 bridgehead atoms. The van der Waals surface area contributed by atoms with Gasteiger partial charge in [-0.05, 0) is 36.2 Å². The molecule has 0 radical (unpaired) electrons. The molecule has 0 aliphatic carbocycles. The Labute approximate surface area is 161 Å². The van der Waals surface area contributed by atoms with Crippen LogP contribution in [0.4, 0.5) is 17.6 Å². The summed E-state index contributed by atoms with van der Waals surface area (Å²) in [5.74, 6) is 2.03. The lowest BCUT2D eigenvalue weighted by Gasteiger charge is -2.07. The fraction of sp³-hybridized carbons (Fsp3) is 0.0952. The first-order valence-corrected chi connectivity index (χ1v) is 9.19. The van der Waals surface area contributed by atoms with E-state index in [0.717, 1.165) is 35.2 Å². The van der Waals surface area contributed by atoms with Gasteiger partial charge in [-0.3, -0.25) is 5.10 Å². The lowest BCUT2D eigenvalue weighted by atomic mass is 10.1. The molecule has 0 amide bonds. The van der Waals surface area contributed by atoms with Crippen LogP contribution in [0.2, 0.25) is 0 Å². The van der Waals surface area contributed by atoms with Crippen molar-refractivity contribution >= 4 is 39.4 Å². The van der Waals surface area contributed by atoms with E-state index < -0.39 is 0 Å². The first-order valence-electron chi connectivity index (χ1n) is 9.19. The Bertz CT molecular complexity index is 1240. The fourth-order valence-corrected chi connectivity index (χ4v) is 3.34. The molecule has 4 N–H and O–H groups in total. The molecule has 0 spiro atoms. The SMILES string of the molecule is c1ccc2c(CCNc3nccc(Nc4n[nH]c5ccccc45)n3)c[nH]c2c1. The molecule has 0 saturated heterocycles.